The first-order valence-electron chi connectivity index (χ1n) is 28.5. The molecule has 7 unspecified atom stereocenters. The number of rotatable bonds is 48. The van der Waals surface area contributed by atoms with Gasteiger partial charge in [-0.1, -0.05) is 229 Å². The lowest BCUT2D eigenvalue weighted by atomic mass is 9.99. The van der Waals surface area contributed by atoms with Gasteiger partial charge >= 0.3 is 0 Å². The van der Waals surface area contributed by atoms with Crippen LogP contribution in [0, 0.1) is 0 Å². The molecule has 6 N–H and O–H groups in total. The van der Waals surface area contributed by atoms with Crippen LogP contribution in [0.4, 0.5) is 0 Å². The van der Waals surface area contributed by atoms with Gasteiger partial charge in [0.1, 0.15) is 24.4 Å². The number of amides is 1. The van der Waals surface area contributed by atoms with E-state index < -0.39 is 49.5 Å². The minimum atomic E-state index is -1.58. The zero-order valence-electron chi connectivity index (χ0n) is 43.9. The second-order valence-electron chi connectivity index (χ2n) is 19.7. The first-order chi connectivity index (χ1) is 33.3. The summed E-state index contributed by atoms with van der Waals surface area (Å²) >= 11 is 0. The summed E-state index contributed by atoms with van der Waals surface area (Å²) in [5, 5.41) is 54.4. The van der Waals surface area contributed by atoms with Gasteiger partial charge in [0, 0.05) is 6.42 Å². The zero-order valence-corrected chi connectivity index (χ0v) is 43.9. The second-order valence-corrected chi connectivity index (χ2v) is 19.7. The van der Waals surface area contributed by atoms with E-state index in [0.29, 0.717) is 6.42 Å². The highest BCUT2D eigenvalue weighted by atomic mass is 16.7. The summed E-state index contributed by atoms with van der Waals surface area (Å²) in [4.78, 5) is 13.0. The molecule has 0 radical (unpaired) electrons. The number of hydrogen-bond acceptors (Lipinski definition) is 8. The number of nitrogens with one attached hydrogen (secondary N) is 1. The number of carbonyl (C=O) groups is 1. The van der Waals surface area contributed by atoms with E-state index >= 15 is 0 Å². The number of allylic oxidation sites excluding steroid dienone is 9. The van der Waals surface area contributed by atoms with E-state index in [-0.39, 0.29) is 12.5 Å². The van der Waals surface area contributed by atoms with Crippen LogP contribution in [0.2, 0.25) is 0 Å². The van der Waals surface area contributed by atoms with Crippen molar-refractivity contribution < 1.29 is 39.8 Å². The Morgan fingerprint density at radius 3 is 1.32 bits per heavy atom. The van der Waals surface area contributed by atoms with Crippen molar-refractivity contribution in [3.63, 3.8) is 0 Å². The Bertz CT molecular complexity index is 1250. The molecule has 1 fully saturated rings. The number of hydrogen-bond donors (Lipinski definition) is 6. The molecule has 1 aliphatic rings. The maximum atomic E-state index is 13.0. The fourth-order valence-electron chi connectivity index (χ4n) is 8.75. The Morgan fingerprint density at radius 2 is 0.882 bits per heavy atom. The minimum absolute atomic E-state index is 0.191. The monoisotopic (exact) mass is 958 g/mol. The average molecular weight is 959 g/mol. The van der Waals surface area contributed by atoms with Gasteiger partial charge in [0.25, 0.3) is 0 Å². The molecule has 1 rings (SSSR count). The quantitative estimate of drug-likeness (QED) is 0.0261. The van der Waals surface area contributed by atoms with Gasteiger partial charge < -0.3 is 40.3 Å². The first-order valence-corrected chi connectivity index (χ1v) is 28.5. The van der Waals surface area contributed by atoms with Gasteiger partial charge in [0.2, 0.25) is 5.91 Å². The molecule has 1 heterocycles. The molecule has 0 bridgehead atoms. The second kappa shape index (κ2) is 48.5. The van der Waals surface area contributed by atoms with Crippen LogP contribution in [0.3, 0.4) is 0 Å². The summed E-state index contributed by atoms with van der Waals surface area (Å²) in [5.41, 5.74) is 0. The Hall–Kier alpha value is -2.11. The van der Waals surface area contributed by atoms with Crippen LogP contribution in [0.1, 0.15) is 251 Å². The van der Waals surface area contributed by atoms with Crippen LogP contribution in [-0.4, -0.2) is 87.5 Å². The Morgan fingerprint density at radius 1 is 0.500 bits per heavy atom. The molecule has 0 aliphatic carbocycles. The molecule has 0 aromatic carbocycles. The number of aliphatic hydroxyl groups excluding tert-OH is 5. The van der Waals surface area contributed by atoms with Gasteiger partial charge in [-0.15, -0.1) is 0 Å². The molecule has 396 valence electrons. The molecule has 68 heavy (non-hydrogen) atoms. The largest absolute Gasteiger partial charge is 0.394 e. The van der Waals surface area contributed by atoms with Gasteiger partial charge in [-0.3, -0.25) is 4.79 Å². The van der Waals surface area contributed by atoms with E-state index in [1.807, 2.05) is 6.08 Å². The summed E-state index contributed by atoms with van der Waals surface area (Å²) in [6.07, 6.45) is 58.5. The van der Waals surface area contributed by atoms with Crippen molar-refractivity contribution in [2.45, 2.75) is 294 Å². The molecule has 0 spiro atoms. The summed E-state index contributed by atoms with van der Waals surface area (Å²) in [6, 6.07) is -0.830. The minimum Gasteiger partial charge on any atom is -0.394 e. The third-order valence-corrected chi connectivity index (χ3v) is 13.3. The van der Waals surface area contributed by atoms with Gasteiger partial charge in [-0.2, -0.15) is 0 Å². The van der Waals surface area contributed by atoms with E-state index in [1.165, 1.54) is 180 Å². The van der Waals surface area contributed by atoms with Crippen molar-refractivity contribution in [2.75, 3.05) is 13.2 Å². The van der Waals surface area contributed by atoms with Crippen LogP contribution < -0.4 is 5.32 Å². The summed E-state index contributed by atoms with van der Waals surface area (Å²) < 4.78 is 11.2. The fraction of sp³-hybridized carbons (Fsp3) is 0.814. The summed E-state index contributed by atoms with van der Waals surface area (Å²) in [5.74, 6) is -0.191. The molecule has 7 atom stereocenters. The lowest BCUT2D eigenvalue weighted by Gasteiger charge is -2.40. The Labute approximate surface area is 417 Å². The van der Waals surface area contributed by atoms with Crippen molar-refractivity contribution in [3.05, 3.63) is 60.8 Å². The van der Waals surface area contributed by atoms with Crippen LogP contribution in [0.5, 0.6) is 0 Å². The van der Waals surface area contributed by atoms with E-state index in [1.54, 1.807) is 6.08 Å². The van der Waals surface area contributed by atoms with Crippen LogP contribution in [-0.2, 0) is 14.3 Å². The number of aliphatic hydroxyl groups is 5. The maximum absolute atomic E-state index is 13.0. The fourth-order valence-corrected chi connectivity index (χ4v) is 8.75. The van der Waals surface area contributed by atoms with Crippen LogP contribution in [0.15, 0.2) is 60.8 Å². The third-order valence-electron chi connectivity index (χ3n) is 13.3. The Balaban J connectivity index is 2.24. The van der Waals surface area contributed by atoms with E-state index in [9.17, 15) is 30.3 Å². The molecular weight excluding hydrogens is 851 g/mol. The molecule has 0 saturated carbocycles. The lowest BCUT2D eigenvalue weighted by Crippen LogP contribution is -2.60. The molecule has 1 amide bonds. The predicted octanol–water partition coefficient (Wildman–Crippen LogP) is 13.9. The lowest BCUT2D eigenvalue weighted by molar-refractivity contribution is -0.302. The average Bonchev–Trinajstić information content (AvgIpc) is 3.34. The highest BCUT2D eigenvalue weighted by Gasteiger charge is 2.44. The normalized spacial score (nSPS) is 20.0. The molecule has 1 saturated heterocycles. The van der Waals surface area contributed by atoms with E-state index in [0.717, 1.165) is 51.4 Å². The zero-order chi connectivity index (χ0) is 49.4. The standard InChI is InChI=1S/C59H107NO8/c1-3-5-7-9-11-13-15-17-19-21-23-24-25-26-27-28-29-30-31-33-35-37-39-41-43-45-47-49-55(63)60-52(51-67-59-58(66)57(65)56(64)54(50-61)68-59)53(62)48-46-44-42-40-38-36-34-32-22-20-18-16-14-12-10-8-6-4-2/h15,17,21-23,32,38,40,46,48,52-54,56-59,61-62,64-66H,3-14,16,18-20,24-31,33-37,39,41-45,47,49-51H2,1-2H3,(H,60,63)/b17-15-,23-21-,32-22+,40-38+,48-46+. The number of carbonyl (C=O) groups excluding carboxylic acids is 1. The summed E-state index contributed by atoms with van der Waals surface area (Å²) in [6.45, 7) is 3.75. The van der Waals surface area contributed by atoms with Crippen molar-refractivity contribution >= 4 is 5.91 Å². The van der Waals surface area contributed by atoms with E-state index in [2.05, 4.69) is 67.8 Å². The number of ether oxygens (including phenoxy) is 2. The van der Waals surface area contributed by atoms with Gasteiger partial charge in [0.15, 0.2) is 6.29 Å². The predicted molar refractivity (Wildman–Crippen MR) is 286 cm³/mol. The van der Waals surface area contributed by atoms with E-state index in [4.69, 9.17) is 9.47 Å². The van der Waals surface area contributed by atoms with Crippen molar-refractivity contribution in [1.29, 1.82) is 0 Å². The SMILES string of the molecule is CCCCCCC/C=C\C/C=C\CCCCCCCCCCCCCCCCCC(=O)NC(COC1OC(CO)C(O)C(O)C1O)C(O)/C=C/CC/C=C/CC/C=C/CCCCCCCCCC. The molecule has 1 aliphatic heterocycles. The molecule has 0 aromatic rings. The molecule has 9 nitrogen and oxygen atoms in total. The third kappa shape index (κ3) is 37.7. The summed E-state index contributed by atoms with van der Waals surface area (Å²) in [7, 11) is 0. The van der Waals surface area contributed by atoms with Crippen LogP contribution >= 0.6 is 0 Å². The topological polar surface area (TPSA) is 149 Å². The van der Waals surface area contributed by atoms with Gasteiger partial charge in [0.05, 0.1) is 25.4 Å². The number of unbranched alkanes of at least 4 members (excludes halogenated alkanes) is 30. The molecule has 0 aromatic heterocycles. The molecule has 9 heteroatoms. The van der Waals surface area contributed by atoms with Crippen LogP contribution in [0.25, 0.3) is 0 Å². The smallest absolute Gasteiger partial charge is 0.220 e. The molecular formula is C59H107NO8. The highest BCUT2D eigenvalue weighted by molar-refractivity contribution is 5.76. The first kappa shape index (κ1) is 63.9. The van der Waals surface area contributed by atoms with Crippen molar-refractivity contribution in [3.8, 4) is 0 Å². The van der Waals surface area contributed by atoms with Crippen molar-refractivity contribution in [1.82, 2.24) is 5.32 Å². The Kier molecular flexibility index (Phi) is 45.6. The van der Waals surface area contributed by atoms with Gasteiger partial charge in [-0.25, -0.2) is 0 Å². The van der Waals surface area contributed by atoms with Gasteiger partial charge in [-0.05, 0) is 77.0 Å². The van der Waals surface area contributed by atoms with Crippen molar-refractivity contribution in [2.24, 2.45) is 0 Å². The maximum Gasteiger partial charge on any atom is 0.220 e. The highest BCUT2D eigenvalue weighted by Crippen LogP contribution is 2.23.